The summed E-state index contributed by atoms with van der Waals surface area (Å²) in [5, 5.41) is -2.81. The number of hydrogen-bond acceptors (Lipinski definition) is 5. The monoisotopic (exact) mass is 706 g/mol. The summed E-state index contributed by atoms with van der Waals surface area (Å²) in [6.07, 6.45) is 3.71. The highest BCUT2D eigenvalue weighted by Gasteiger charge is 2.72. The Kier molecular flexibility index (Phi) is 8.32. The van der Waals surface area contributed by atoms with E-state index in [0.29, 0.717) is 11.5 Å². The number of fused-ring (bicyclic) bond motifs is 4. The van der Waals surface area contributed by atoms with Crippen LogP contribution in [0.2, 0.25) is 0 Å². The molecule has 6 rings (SSSR count). The number of carbonyl (C=O) groups excluding carboxylic acids is 2. The lowest BCUT2D eigenvalue weighted by molar-refractivity contribution is 0.0289. The van der Waals surface area contributed by atoms with Crippen LogP contribution in [0.15, 0.2) is 58.7 Å². The predicted molar refractivity (Wildman–Crippen MR) is 163 cm³/mol. The van der Waals surface area contributed by atoms with E-state index >= 15 is 0 Å². The lowest BCUT2D eigenvalue weighted by Gasteiger charge is -2.36. The highest BCUT2D eigenvalue weighted by atomic mass is 35.5. The lowest BCUT2D eigenvalue weighted by atomic mass is 9.86. The van der Waals surface area contributed by atoms with Crippen molar-refractivity contribution < 1.29 is 31.9 Å². The van der Waals surface area contributed by atoms with Crippen molar-refractivity contribution in [2.24, 2.45) is 45.7 Å². The van der Waals surface area contributed by atoms with Crippen molar-refractivity contribution >= 4 is 70.6 Å². The second-order valence-electron chi connectivity index (χ2n) is 12.0. The number of benzene rings is 2. The number of nitrogens with one attached hydrogen (secondary N) is 2. The van der Waals surface area contributed by atoms with Crippen molar-refractivity contribution in [1.82, 2.24) is 10.9 Å². The third-order valence-electron chi connectivity index (χ3n) is 9.40. The molecule has 240 valence electrons. The van der Waals surface area contributed by atoms with Gasteiger partial charge in [-0.1, -0.05) is 46.4 Å². The normalized spacial score (nSPS) is 40.0. The first-order valence-electron chi connectivity index (χ1n) is 14.2. The Balaban J connectivity index is 0.967. The Morgan fingerprint density at radius 2 is 1.00 bits per heavy atom. The summed E-state index contributed by atoms with van der Waals surface area (Å²) in [5.41, 5.74) is 5.30. The van der Waals surface area contributed by atoms with Crippen LogP contribution in [0.1, 0.15) is 46.4 Å². The zero-order valence-electron chi connectivity index (χ0n) is 23.2. The Labute approximate surface area is 275 Å². The third-order valence-corrected chi connectivity index (χ3v) is 11.9. The van der Waals surface area contributed by atoms with Gasteiger partial charge >= 0.3 is 0 Å². The standard InChI is InChI=1S/C30H26Cl4F4N4O3/c31-27(35)19-9-17(23(11-19)29(27,33)37)13-39-41-25(43)15-1-5-21(6-2-15)45-22-7-3-16(4-8-22)26(44)42-40-14-18-10-20-12-24(18)30(34,38)28(20,32)36/h1-8,13-14,17-20,23-24H,9-12H2,(H,41,43)(H,42,44)/b39-13+,40-14+. The van der Waals surface area contributed by atoms with Gasteiger partial charge < -0.3 is 4.74 Å². The molecule has 2 aromatic carbocycles. The van der Waals surface area contributed by atoms with Gasteiger partial charge in [0.15, 0.2) is 0 Å². The molecule has 0 heterocycles. The van der Waals surface area contributed by atoms with E-state index in [9.17, 15) is 27.2 Å². The molecule has 7 nitrogen and oxygen atoms in total. The molecule has 0 aromatic heterocycles. The fourth-order valence-electron chi connectivity index (χ4n) is 6.93. The maximum Gasteiger partial charge on any atom is 0.271 e. The fourth-order valence-corrected chi connectivity index (χ4v) is 8.38. The van der Waals surface area contributed by atoms with Gasteiger partial charge in [-0.25, -0.2) is 28.4 Å². The van der Waals surface area contributed by atoms with Crippen LogP contribution in [-0.4, -0.2) is 44.8 Å². The smallest absolute Gasteiger partial charge is 0.271 e. The van der Waals surface area contributed by atoms with Crippen LogP contribution in [-0.2, 0) is 0 Å². The van der Waals surface area contributed by atoms with E-state index in [1.807, 2.05) is 0 Å². The van der Waals surface area contributed by atoms with Crippen molar-refractivity contribution in [1.29, 1.82) is 0 Å². The molecule has 0 spiro atoms. The van der Waals surface area contributed by atoms with E-state index < -0.39 is 67.8 Å². The first kappa shape index (κ1) is 32.3. The molecule has 45 heavy (non-hydrogen) atoms. The van der Waals surface area contributed by atoms with Crippen LogP contribution >= 0.6 is 46.4 Å². The summed E-state index contributed by atoms with van der Waals surface area (Å²) >= 11 is 22.9. The van der Waals surface area contributed by atoms with Crippen molar-refractivity contribution in [3.05, 3.63) is 59.7 Å². The van der Waals surface area contributed by atoms with Crippen LogP contribution in [0.5, 0.6) is 11.5 Å². The molecule has 0 radical (unpaired) electrons. The van der Waals surface area contributed by atoms with Gasteiger partial charge in [-0.05, 0) is 74.2 Å². The molecule has 2 N–H and O–H groups in total. The molecule has 2 amide bonds. The summed E-state index contributed by atoms with van der Waals surface area (Å²) in [6.45, 7) is 0. The van der Waals surface area contributed by atoms with E-state index in [-0.39, 0.29) is 36.8 Å². The first-order chi connectivity index (χ1) is 21.1. The molecule has 15 heteroatoms. The predicted octanol–water partition coefficient (Wildman–Crippen LogP) is 7.84. The Bertz CT molecular complexity index is 1430. The molecule has 4 aliphatic rings. The summed E-state index contributed by atoms with van der Waals surface area (Å²) < 4.78 is 63.8. The highest BCUT2D eigenvalue weighted by Crippen LogP contribution is 2.67. The van der Waals surface area contributed by atoms with Crippen LogP contribution in [0.3, 0.4) is 0 Å². The van der Waals surface area contributed by atoms with Gasteiger partial charge in [-0.3, -0.25) is 9.59 Å². The minimum Gasteiger partial charge on any atom is -0.457 e. The van der Waals surface area contributed by atoms with Crippen LogP contribution in [0, 0.1) is 35.5 Å². The molecule has 10 atom stereocenters. The van der Waals surface area contributed by atoms with Gasteiger partial charge in [-0.15, -0.1) is 0 Å². The van der Waals surface area contributed by atoms with E-state index in [4.69, 9.17) is 51.1 Å². The quantitative estimate of drug-likeness (QED) is 0.127. The molecular formula is C30H26Cl4F4N4O3. The number of ether oxygens (including phenoxy) is 1. The zero-order valence-corrected chi connectivity index (χ0v) is 26.2. The van der Waals surface area contributed by atoms with E-state index in [1.165, 1.54) is 36.7 Å². The third kappa shape index (κ3) is 5.57. The molecule has 2 aromatic rings. The van der Waals surface area contributed by atoms with E-state index in [1.54, 1.807) is 24.3 Å². The summed E-state index contributed by atoms with van der Waals surface area (Å²) in [5.74, 6) is -4.24. The van der Waals surface area contributed by atoms with Gasteiger partial charge in [0.1, 0.15) is 11.5 Å². The minimum atomic E-state index is -2.69. The molecule has 0 saturated heterocycles. The molecule has 4 aliphatic carbocycles. The van der Waals surface area contributed by atoms with Crippen LogP contribution in [0.4, 0.5) is 17.6 Å². The van der Waals surface area contributed by atoms with Gasteiger partial charge in [0.05, 0.1) is 0 Å². The van der Waals surface area contributed by atoms with Crippen molar-refractivity contribution in [3.8, 4) is 11.5 Å². The maximum atomic E-state index is 14.6. The minimum absolute atomic E-state index is 0.204. The first-order valence-corrected chi connectivity index (χ1v) is 15.7. The van der Waals surface area contributed by atoms with Gasteiger partial charge in [0, 0.05) is 59.1 Å². The van der Waals surface area contributed by atoms with E-state index in [2.05, 4.69) is 21.1 Å². The largest absolute Gasteiger partial charge is 0.457 e. The lowest BCUT2D eigenvalue weighted by Crippen LogP contribution is -2.47. The number of rotatable bonds is 8. The SMILES string of the molecule is O=C(N/N=C/C1CC2CC1C(F)(Cl)C2(F)Cl)c1ccc(Oc2ccc(C(=O)N/N=C/C3CC4CC3C(F)(Cl)C4(F)Cl)cc2)cc1. The van der Waals surface area contributed by atoms with Gasteiger partial charge in [0.25, 0.3) is 11.8 Å². The summed E-state index contributed by atoms with van der Waals surface area (Å²) in [4.78, 5) is 25.0. The number of nitrogens with zero attached hydrogens (tertiary/aromatic N) is 2. The second kappa shape index (κ2) is 11.6. The Morgan fingerprint density at radius 1 is 0.644 bits per heavy atom. The van der Waals surface area contributed by atoms with Crippen molar-refractivity contribution in [3.63, 3.8) is 0 Å². The zero-order chi connectivity index (χ0) is 32.4. The average molecular weight is 708 g/mol. The number of halogens is 8. The number of amides is 2. The topological polar surface area (TPSA) is 92.1 Å². The number of alkyl halides is 8. The van der Waals surface area contributed by atoms with Crippen LogP contribution in [0.25, 0.3) is 0 Å². The van der Waals surface area contributed by atoms with E-state index in [0.717, 1.165) is 0 Å². The molecule has 10 unspecified atom stereocenters. The second-order valence-corrected chi connectivity index (χ2v) is 14.2. The summed E-state index contributed by atoms with van der Waals surface area (Å²) in [7, 11) is 0. The number of carbonyl (C=O) groups is 2. The Morgan fingerprint density at radius 3 is 1.31 bits per heavy atom. The number of hydrogen-bond donors (Lipinski definition) is 2. The van der Waals surface area contributed by atoms with Crippen molar-refractivity contribution in [2.75, 3.05) is 0 Å². The molecule has 4 saturated carbocycles. The summed E-state index contributed by atoms with van der Waals surface area (Å²) in [6, 6.07) is 12.3. The van der Waals surface area contributed by atoms with Crippen LogP contribution < -0.4 is 15.6 Å². The molecule has 4 bridgehead atoms. The van der Waals surface area contributed by atoms with Gasteiger partial charge in [0.2, 0.25) is 20.5 Å². The fraction of sp³-hybridized carbons (Fsp3) is 0.467. The molecule has 4 fully saturated rings. The van der Waals surface area contributed by atoms with Crippen molar-refractivity contribution in [2.45, 2.75) is 46.2 Å². The highest BCUT2D eigenvalue weighted by molar-refractivity contribution is 6.34. The molecular weight excluding hydrogens is 682 g/mol. The molecule has 0 aliphatic heterocycles. The Hall–Kier alpha value is -2.60. The number of hydrazone groups is 2. The van der Waals surface area contributed by atoms with Gasteiger partial charge in [-0.2, -0.15) is 10.2 Å². The maximum absolute atomic E-state index is 14.6. The average Bonchev–Trinajstić information content (AvgIpc) is 3.70.